The van der Waals surface area contributed by atoms with Gasteiger partial charge in [-0.05, 0) is 32.4 Å². The molecule has 0 aliphatic carbocycles. The molecular formula is C13H26N2S. The molecule has 16 heavy (non-hydrogen) atoms. The highest BCUT2D eigenvalue weighted by Gasteiger charge is 2.27. The van der Waals surface area contributed by atoms with Crippen LogP contribution in [0.25, 0.3) is 0 Å². The molecule has 2 aliphatic heterocycles. The summed E-state index contributed by atoms with van der Waals surface area (Å²) in [6.07, 6.45) is 5.52. The summed E-state index contributed by atoms with van der Waals surface area (Å²) in [4.78, 5) is 2.74. The number of nitrogens with zero attached hydrogens (tertiary/aromatic N) is 1. The number of thioether (sulfide) groups is 1. The average molecular weight is 242 g/mol. The predicted molar refractivity (Wildman–Crippen MR) is 73.2 cm³/mol. The van der Waals surface area contributed by atoms with E-state index >= 15 is 0 Å². The van der Waals surface area contributed by atoms with Crippen LogP contribution in [-0.4, -0.2) is 47.6 Å². The van der Waals surface area contributed by atoms with E-state index < -0.39 is 0 Å². The summed E-state index contributed by atoms with van der Waals surface area (Å²) >= 11 is 2.15. The molecule has 2 aliphatic rings. The van der Waals surface area contributed by atoms with Crippen molar-refractivity contribution in [1.29, 1.82) is 0 Å². The van der Waals surface area contributed by atoms with Gasteiger partial charge in [-0.25, -0.2) is 0 Å². The molecule has 2 heterocycles. The molecule has 2 nitrogen and oxygen atoms in total. The summed E-state index contributed by atoms with van der Waals surface area (Å²) in [5, 5.41) is 3.59. The molecule has 0 aromatic carbocycles. The maximum atomic E-state index is 3.59. The molecular weight excluding hydrogens is 216 g/mol. The van der Waals surface area contributed by atoms with E-state index in [1.807, 2.05) is 0 Å². The van der Waals surface area contributed by atoms with Crippen LogP contribution in [0, 0.1) is 0 Å². The first kappa shape index (κ1) is 12.7. The lowest BCUT2D eigenvalue weighted by Crippen LogP contribution is -2.42. The van der Waals surface area contributed by atoms with Crippen molar-refractivity contribution in [3.05, 3.63) is 0 Å². The fourth-order valence-corrected chi connectivity index (χ4v) is 3.83. The first-order valence-electron chi connectivity index (χ1n) is 6.76. The van der Waals surface area contributed by atoms with Gasteiger partial charge in [0.1, 0.15) is 0 Å². The SMILES string of the molecule is CC1(C)CCN(C2CCCCNC2)CCS1. The first-order chi connectivity index (χ1) is 7.67. The largest absolute Gasteiger partial charge is 0.315 e. The van der Waals surface area contributed by atoms with E-state index in [1.54, 1.807) is 0 Å². The van der Waals surface area contributed by atoms with Gasteiger partial charge in [0, 0.05) is 29.6 Å². The van der Waals surface area contributed by atoms with Gasteiger partial charge in [0.25, 0.3) is 0 Å². The third-order valence-corrected chi connectivity index (χ3v) is 5.28. The first-order valence-corrected chi connectivity index (χ1v) is 7.75. The van der Waals surface area contributed by atoms with E-state index in [4.69, 9.17) is 0 Å². The Morgan fingerprint density at radius 1 is 1.25 bits per heavy atom. The molecule has 1 N–H and O–H groups in total. The fourth-order valence-electron chi connectivity index (χ4n) is 2.71. The molecule has 0 aromatic rings. The van der Waals surface area contributed by atoms with Crippen LogP contribution in [0.1, 0.15) is 39.5 Å². The van der Waals surface area contributed by atoms with Crippen LogP contribution in [0.3, 0.4) is 0 Å². The maximum absolute atomic E-state index is 3.59. The standard InChI is InChI=1S/C13H26N2S/c1-13(2)6-8-15(9-10-16-13)12-5-3-4-7-14-11-12/h12,14H,3-11H2,1-2H3. The Bertz CT molecular complexity index is 210. The Labute approximate surface area is 105 Å². The van der Waals surface area contributed by atoms with Gasteiger partial charge >= 0.3 is 0 Å². The number of hydrogen-bond acceptors (Lipinski definition) is 3. The topological polar surface area (TPSA) is 15.3 Å². The molecule has 1 unspecified atom stereocenters. The third-order valence-electron chi connectivity index (χ3n) is 3.91. The summed E-state index contributed by atoms with van der Waals surface area (Å²) in [6.45, 7) is 9.82. The minimum absolute atomic E-state index is 0.493. The fraction of sp³-hybridized carbons (Fsp3) is 1.00. The van der Waals surface area contributed by atoms with E-state index in [0.717, 1.165) is 6.04 Å². The summed E-state index contributed by atoms with van der Waals surface area (Å²) in [5.41, 5.74) is 0. The second-order valence-corrected chi connectivity index (χ2v) is 7.55. The smallest absolute Gasteiger partial charge is 0.0220 e. The second-order valence-electron chi connectivity index (χ2n) is 5.75. The van der Waals surface area contributed by atoms with Gasteiger partial charge in [-0.2, -0.15) is 11.8 Å². The van der Waals surface area contributed by atoms with Crippen molar-refractivity contribution in [3.63, 3.8) is 0 Å². The number of hydrogen-bond donors (Lipinski definition) is 1. The molecule has 2 fully saturated rings. The summed E-state index contributed by atoms with van der Waals surface area (Å²) < 4.78 is 0.493. The van der Waals surface area contributed by atoms with Crippen molar-refractivity contribution >= 4 is 11.8 Å². The van der Waals surface area contributed by atoms with Crippen LogP contribution in [0.15, 0.2) is 0 Å². The lowest BCUT2D eigenvalue weighted by Gasteiger charge is -2.30. The van der Waals surface area contributed by atoms with Crippen LogP contribution in [0.5, 0.6) is 0 Å². The quantitative estimate of drug-likeness (QED) is 0.760. The Kier molecular flexibility index (Phi) is 4.57. The van der Waals surface area contributed by atoms with Gasteiger partial charge in [0.2, 0.25) is 0 Å². The molecule has 0 spiro atoms. The van der Waals surface area contributed by atoms with Gasteiger partial charge < -0.3 is 5.32 Å². The molecule has 0 bridgehead atoms. The normalized spacial score (nSPS) is 33.0. The van der Waals surface area contributed by atoms with Crippen LogP contribution < -0.4 is 5.32 Å². The lowest BCUT2D eigenvalue weighted by molar-refractivity contribution is 0.195. The van der Waals surface area contributed by atoms with Crippen LogP contribution in [0.4, 0.5) is 0 Å². The Morgan fingerprint density at radius 3 is 3.00 bits per heavy atom. The average Bonchev–Trinajstić information content (AvgIpc) is 2.58. The number of nitrogens with one attached hydrogen (secondary N) is 1. The van der Waals surface area contributed by atoms with Crippen LogP contribution in [-0.2, 0) is 0 Å². The molecule has 3 heteroatoms. The van der Waals surface area contributed by atoms with Gasteiger partial charge in [-0.1, -0.05) is 20.3 Å². The minimum atomic E-state index is 0.493. The van der Waals surface area contributed by atoms with Gasteiger partial charge in [0.15, 0.2) is 0 Å². The minimum Gasteiger partial charge on any atom is -0.315 e. The van der Waals surface area contributed by atoms with E-state index in [1.165, 1.54) is 57.6 Å². The highest BCUT2D eigenvalue weighted by atomic mass is 32.2. The van der Waals surface area contributed by atoms with Gasteiger partial charge in [-0.3, -0.25) is 4.90 Å². The van der Waals surface area contributed by atoms with Crippen molar-refractivity contribution in [2.24, 2.45) is 0 Å². The molecule has 0 radical (unpaired) electrons. The monoisotopic (exact) mass is 242 g/mol. The molecule has 2 rings (SSSR count). The van der Waals surface area contributed by atoms with E-state index in [9.17, 15) is 0 Å². The van der Waals surface area contributed by atoms with Gasteiger partial charge in [-0.15, -0.1) is 0 Å². The van der Waals surface area contributed by atoms with Crippen LogP contribution in [0.2, 0.25) is 0 Å². The van der Waals surface area contributed by atoms with E-state index in [-0.39, 0.29) is 0 Å². The number of rotatable bonds is 1. The zero-order valence-electron chi connectivity index (χ0n) is 10.8. The maximum Gasteiger partial charge on any atom is 0.0220 e. The van der Waals surface area contributed by atoms with Crippen molar-refractivity contribution in [1.82, 2.24) is 10.2 Å². The van der Waals surface area contributed by atoms with E-state index in [0.29, 0.717) is 4.75 Å². The highest BCUT2D eigenvalue weighted by Crippen LogP contribution is 2.31. The Balaban J connectivity index is 1.88. The molecule has 0 aromatic heterocycles. The summed E-state index contributed by atoms with van der Waals surface area (Å²) in [5.74, 6) is 1.31. The Hall–Kier alpha value is 0.270. The Morgan fingerprint density at radius 2 is 2.12 bits per heavy atom. The zero-order chi connectivity index (χ0) is 11.4. The van der Waals surface area contributed by atoms with Crippen LogP contribution >= 0.6 is 11.8 Å². The second kappa shape index (κ2) is 5.74. The predicted octanol–water partition coefficient (Wildman–Crippen LogP) is 2.35. The zero-order valence-corrected chi connectivity index (χ0v) is 11.6. The van der Waals surface area contributed by atoms with Crippen molar-refractivity contribution in [2.45, 2.75) is 50.3 Å². The van der Waals surface area contributed by atoms with E-state index in [2.05, 4.69) is 35.8 Å². The van der Waals surface area contributed by atoms with Gasteiger partial charge in [0.05, 0.1) is 0 Å². The molecule has 2 saturated heterocycles. The third kappa shape index (κ3) is 3.64. The molecule has 0 saturated carbocycles. The molecule has 94 valence electrons. The van der Waals surface area contributed by atoms with Crippen molar-refractivity contribution < 1.29 is 0 Å². The molecule has 1 atom stereocenters. The summed E-state index contributed by atoms with van der Waals surface area (Å²) in [7, 11) is 0. The summed E-state index contributed by atoms with van der Waals surface area (Å²) in [6, 6.07) is 0.803. The lowest BCUT2D eigenvalue weighted by atomic mass is 10.1. The molecule has 0 amide bonds. The highest BCUT2D eigenvalue weighted by molar-refractivity contribution is 8.00. The van der Waals surface area contributed by atoms with Crippen molar-refractivity contribution in [2.75, 3.05) is 31.9 Å². The van der Waals surface area contributed by atoms with Crippen molar-refractivity contribution in [3.8, 4) is 0 Å².